The van der Waals surface area contributed by atoms with Gasteiger partial charge < -0.3 is 5.32 Å². The molecule has 2 aromatic carbocycles. The molecule has 1 N–H and O–H groups in total. The molecule has 0 aliphatic heterocycles. The Bertz CT molecular complexity index is 782. The lowest BCUT2D eigenvalue weighted by atomic mass is 10.2. The summed E-state index contributed by atoms with van der Waals surface area (Å²) in [4.78, 5) is 8.53. The van der Waals surface area contributed by atoms with E-state index in [1.807, 2.05) is 18.2 Å². The predicted molar refractivity (Wildman–Crippen MR) is 73.2 cm³/mol. The van der Waals surface area contributed by atoms with E-state index in [0.717, 1.165) is 5.52 Å². The van der Waals surface area contributed by atoms with Crippen molar-refractivity contribution >= 4 is 16.7 Å². The van der Waals surface area contributed by atoms with Crippen LogP contribution in [0.2, 0.25) is 0 Å². The van der Waals surface area contributed by atoms with Gasteiger partial charge in [0.05, 0.1) is 29.5 Å². The molecule has 3 rings (SSSR count). The highest BCUT2D eigenvalue weighted by molar-refractivity contribution is 5.73. The Morgan fingerprint density at radius 1 is 0.952 bits per heavy atom. The van der Waals surface area contributed by atoms with Gasteiger partial charge in [0.25, 0.3) is 0 Å². The maximum atomic E-state index is 13.5. The van der Waals surface area contributed by atoms with Crippen molar-refractivity contribution in [3.05, 3.63) is 65.7 Å². The third kappa shape index (κ3) is 2.79. The van der Waals surface area contributed by atoms with Gasteiger partial charge in [0.1, 0.15) is 11.5 Å². The van der Waals surface area contributed by atoms with Crippen molar-refractivity contribution in [3.63, 3.8) is 0 Å². The van der Waals surface area contributed by atoms with Crippen LogP contribution in [0, 0.1) is 17.5 Å². The number of hydrogen-bond acceptors (Lipinski definition) is 3. The van der Waals surface area contributed by atoms with E-state index in [1.165, 1.54) is 6.20 Å². The summed E-state index contributed by atoms with van der Waals surface area (Å²) in [5, 5.41) is 2.57. The molecule has 0 saturated heterocycles. The fourth-order valence-corrected chi connectivity index (χ4v) is 1.97. The number of halogens is 3. The Morgan fingerprint density at radius 3 is 2.33 bits per heavy atom. The molecule has 0 atom stereocenters. The molecule has 106 valence electrons. The van der Waals surface area contributed by atoms with Crippen LogP contribution in [0.3, 0.4) is 0 Å². The summed E-state index contributed by atoms with van der Waals surface area (Å²) in [5.41, 5.74) is 1.57. The summed E-state index contributed by atoms with van der Waals surface area (Å²) in [6.45, 7) is 0.0807. The third-order valence-corrected chi connectivity index (χ3v) is 2.95. The number of para-hydroxylation sites is 2. The van der Waals surface area contributed by atoms with Crippen molar-refractivity contribution < 1.29 is 13.2 Å². The van der Waals surface area contributed by atoms with E-state index in [9.17, 15) is 13.2 Å². The first-order valence-corrected chi connectivity index (χ1v) is 6.22. The number of nitrogens with zero attached hydrogens (tertiary/aromatic N) is 2. The molecule has 0 fully saturated rings. The van der Waals surface area contributed by atoms with Crippen LogP contribution in [0.4, 0.5) is 18.9 Å². The molecule has 0 saturated carbocycles. The van der Waals surface area contributed by atoms with Crippen LogP contribution < -0.4 is 5.32 Å². The van der Waals surface area contributed by atoms with E-state index in [0.29, 0.717) is 23.3 Å². The second kappa shape index (κ2) is 5.40. The molecule has 6 heteroatoms. The van der Waals surface area contributed by atoms with E-state index in [1.54, 1.807) is 6.07 Å². The van der Waals surface area contributed by atoms with Crippen LogP contribution in [0.5, 0.6) is 0 Å². The summed E-state index contributed by atoms with van der Waals surface area (Å²) in [5.74, 6) is -2.93. The molecular weight excluding hydrogens is 279 g/mol. The zero-order valence-corrected chi connectivity index (χ0v) is 10.8. The highest BCUT2D eigenvalue weighted by atomic mass is 19.1. The fraction of sp³-hybridized carbons (Fsp3) is 0.0667. The molecule has 1 heterocycles. The highest BCUT2D eigenvalue weighted by Gasteiger charge is 2.11. The minimum absolute atomic E-state index is 0.0807. The Balaban J connectivity index is 1.83. The van der Waals surface area contributed by atoms with E-state index in [4.69, 9.17) is 0 Å². The number of rotatable bonds is 3. The Labute approximate surface area is 118 Å². The smallest absolute Gasteiger partial charge is 0.152 e. The van der Waals surface area contributed by atoms with Crippen LogP contribution >= 0.6 is 0 Å². The predicted octanol–water partition coefficient (Wildman–Crippen LogP) is 3.66. The van der Waals surface area contributed by atoms with E-state index >= 15 is 0 Å². The molecular formula is C15H10F3N3. The maximum absolute atomic E-state index is 13.5. The maximum Gasteiger partial charge on any atom is 0.152 e. The molecule has 0 amide bonds. The Kier molecular flexibility index (Phi) is 3.43. The van der Waals surface area contributed by atoms with Crippen LogP contribution in [0.25, 0.3) is 11.0 Å². The summed E-state index contributed by atoms with van der Waals surface area (Å²) in [6, 6.07) is 8.53. The van der Waals surface area contributed by atoms with Gasteiger partial charge >= 0.3 is 0 Å². The minimum atomic E-state index is -0.985. The lowest BCUT2D eigenvalue weighted by Crippen LogP contribution is -2.06. The van der Waals surface area contributed by atoms with Crippen LogP contribution in [-0.2, 0) is 6.54 Å². The van der Waals surface area contributed by atoms with Crippen LogP contribution in [-0.4, -0.2) is 9.97 Å². The molecule has 0 aliphatic rings. The molecule has 0 radical (unpaired) electrons. The largest absolute Gasteiger partial charge is 0.375 e. The molecule has 21 heavy (non-hydrogen) atoms. The molecule has 0 unspecified atom stereocenters. The molecule has 3 nitrogen and oxygen atoms in total. The van der Waals surface area contributed by atoms with Gasteiger partial charge in [-0.2, -0.15) is 0 Å². The first kappa shape index (κ1) is 13.4. The summed E-state index contributed by atoms with van der Waals surface area (Å²) >= 11 is 0. The number of nitrogens with one attached hydrogen (secondary N) is 1. The van der Waals surface area contributed by atoms with Crippen molar-refractivity contribution in [2.45, 2.75) is 6.54 Å². The lowest BCUT2D eigenvalue weighted by Gasteiger charge is -2.08. The van der Waals surface area contributed by atoms with Crippen molar-refractivity contribution in [1.29, 1.82) is 0 Å². The van der Waals surface area contributed by atoms with Crippen molar-refractivity contribution in [2.75, 3.05) is 5.32 Å². The average Bonchev–Trinajstić information content (AvgIpc) is 2.46. The third-order valence-electron chi connectivity index (χ3n) is 2.95. The summed E-state index contributed by atoms with van der Waals surface area (Å²) in [7, 11) is 0. The van der Waals surface area contributed by atoms with Crippen molar-refractivity contribution in [1.82, 2.24) is 9.97 Å². The normalized spacial score (nSPS) is 10.8. The zero-order valence-electron chi connectivity index (χ0n) is 10.8. The molecule has 3 aromatic rings. The van der Waals surface area contributed by atoms with Gasteiger partial charge in [-0.3, -0.25) is 4.98 Å². The monoisotopic (exact) mass is 289 g/mol. The molecule has 0 bridgehead atoms. The summed E-state index contributed by atoms with van der Waals surface area (Å²) < 4.78 is 39.8. The second-order valence-electron chi connectivity index (χ2n) is 4.45. The van der Waals surface area contributed by atoms with Gasteiger partial charge in [-0.05, 0) is 12.1 Å². The van der Waals surface area contributed by atoms with Gasteiger partial charge in [0.2, 0.25) is 0 Å². The number of aromatic nitrogens is 2. The number of hydrogen-bond donors (Lipinski definition) is 1. The standard InChI is InChI=1S/C15H10F3N3/c16-9-5-11(17)15(12(18)6-9)20-8-10-7-19-13-3-1-2-4-14(13)21-10/h1-7,20H,8H2. The lowest BCUT2D eigenvalue weighted by molar-refractivity contribution is 0.547. The average molecular weight is 289 g/mol. The number of fused-ring (bicyclic) bond motifs is 1. The Hall–Kier alpha value is -2.63. The highest BCUT2D eigenvalue weighted by Crippen LogP contribution is 2.20. The molecule has 0 aliphatic carbocycles. The first-order valence-electron chi connectivity index (χ1n) is 6.22. The van der Waals surface area contributed by atoms with Gasteiger partial charge in [0.15, 0.2) is 11.6 Å². The Morgan fingerprint density at radius 2 is 1.62 bits per heavy atom. The van der Waals surface area contributed by atoms with E-state index in [-0.39, 0.29) is 12.2 Å². The zero-order chi connectivity index (χ0) is 14.8. The second-order valence-corrected chi connectivity index (χ2v) is 4.45. The van der Waals surface area contributed by atoms with Crippen LogP contribution in [0.15, 0.2) is 42.6 Å². The molecule has 0 spiro atoms. The van der Waals surface area contributed by atoms with Crippen molar-refractivity contribution in [3.8, 4) is 0 Å². The topological polar surface area (TPSA) is 37.8 Å². The quantitative estimate of drug-likeness (QED) is 0.799. The summed E-state index contributed by atoms with van der Waals surface area (Å²) in [6.07, 6.45) is 1.52. The van der Waals surface area contributed by atoms with Crippen LogP contribution in [0.1, 0.15) is 5.69 Å². The van der Waals surface area contributed by atoms with Crippen molar-refractivity contribution in [2.24, 2.45) is 0 Å². The van der Waals surface area contributed by atoms with E-state index < -0.39 is 17.5 Å². The van der Waals surface area contributed by atoms with Gasteiger partial charge in [-0.25, -0.2) is 18.2 Å². The van der Waals surface area contributed by atoms with E-state index in [2.05, 4.69) is 15.3 Å². The number of benzene rings is 2. The fourth-order valence-electron chi connectivity index (χ4n) is 1.97. The van der Waals surface area contributed by atoms with Gasteiger partial charge in [-0.1, -0.05) is 12.1 Å². The molecule has 1 aromatic heterocycles. The first-order chi connectivity index (χ1) is 10.1. The van der Waals surface area contributed by atoms with Gasteiger partial charge in [0, 0.05) is 12.1 Å². The number of anilines is 1. The van der Waals surface area contributed by atoms with Gasteiger partial charge in [-0.15, -0.1) is 0 Å². The SMILES string of the molecule is Fc1cc(F)c(NCc2cnc3ccccc3n2)c(F)c1. The minimum Gasteiger partial charge on any atom is -0.375 e.